The molecule has 0 radical (unpaired) electrons. The van der Waals surface area contributed by atoms with Gasteiger partial charge in [-0.25, -0.2) is 12.7 Å². The second-order valence-corrected chi connectivity index (χ2v) is 6.97. The van der Waals surface area contributed by atoms with Gasteiger partial charge in [0.2, 0.25) is 0 Å². The van der Waals surface area contributed by atoms with E-state index in [2.05, 4.69) is 0 Å². The van der Waals surface area contributed by atoms with Gasteiger partial charge in [0.15, 0.2) is 10.3 Å². The SMILES string of the molecule is CC(O)CN(CC(O)COc1ccc2ccccc2c1)S(=O)(=O)[O-].[Na+]. The first kappa shape index (κ1) is 22.3. The molecule has 25 heavy (non-hydrogen) atoms. The van der Waals surface area contributed by atoms with Crippen LogP contribution in [-0.2, 0) is 10.3 Å². The molecular weight excluding hydrogens is 357 g/mol. The maximum absolute atomic E-state index is 11.1. The Kier molecular flexibility index (Phi) is 8.79. The normalized spacial score (nSPS) is 14.1. The number of benzene rings is 2. The van der Waals surface area contributed by atoms with Gasteiger partial charge in [0, 0.05) is 13.1 Å². The van der Waals surface area contributed by atoms with E-state index < -0.39 is 29.1 Å². The molecule has 0 bridgehead atoms. The van der Waals surface area contributed by atoms with E-state index >= 15 is 0 Å². The molecule has 132 valence electrons. The van der Waals surface area contributed by atoms with E-state index in [9.17, 15) is 23.2 Å². The van der Waals surface area contributed by atoms with Crippen LogP contribution in [0.3, 0.4) is 0 Å². The molecule has 0 heterocycles. The van der Waals surface area contributed by atoms with E-state index in [4.69, 9.17) is 4.74 Å². The minimum absolute atomic E-state index is 0. The molecule has 0 aliphatic carbocycles. The van der Waals surface area contributed by atoms with Gasteiger partial charge in [-0.15, -0.1) is 0 Å². The van der Waals surface area contributed by atoms with Crippen molar-refractivity contribution in [3.05, 3.63) is 42.5 Å². The number of hydrogen-bond donors (Lipinski definition) is 2. The standard InChI is InChI=1S/C16H21NO6S.Na/c1-12(18)9-17(24(20,21)22)10-15(19)11-23-16-7-6-13-4-2-3-5-14(13)8-16;/h2-8,12,15,18-19H,9-11H2,1H3,(H,20,21,22);/q;+1/p-1. The van der Waals surface area contributed by atoms with Crippen molar-refractivity contribution in [2.24, 2.45) is 0 Å². The van der Waals surface area contributed by atoms with E-state index in [1.807, 2.05) is 30.3 Å². The first-order valence-electron chi connectivity index (χ1n) is 7.44. The molecule has 2 unspecified atom stereocenters. The van der Waals surface area contributed by atoms with Crippen LogP contribution in [0.4, 0.5) is 0 Å². The van der Waals surface area contributed by atoms with Gasteiger partial charge in [-0.05, 0) is 29.8 Å². The number of aliphatic hydroxyl groups excluding tert-OH is 2. The van der Waals surface area contributed by atoms with Crippen LogP contribution in [0.1, 0.15) is 6.92 Å². The van der Waals surface area contributed by atoms with Crippen molar-refractivity contribution < 1.29 is 57.5 Å². The summed E-state index contributed by atoms with van der Waals surface area (Å²) in [6.45, 7) is 0.365. The maximum atomic E-state index is 11.1. The minimum atomic E-state index is -4.76. The molecule has 2 aromatic rings. The van der Waals surface area contributed by atoms with Gasteiger partial charge >= 0.3 is 29.6 Å². The third-order valence-corrected chi connectivity index (χ3v) is 4.29. The number of fused-ring (bicyclic) bond motifs is 1. The van der Waals surface area contributed by atoms with Gasteiger partial charge in [0.05, 0.1) is 6.10 Å². The Morgan fingerprint density at radius 3 is 2.36 bits per heavy atom. The Bertz CT molecular complexity index is 783. The number of hydrogen-bond acceptors (Lipinski definition) is 6. The molecule has 2 aromatic carbocycles. The van der Waals surface area contributed by atoms with Crippen LogP contribution in [-0.4, -0.2) is 59.4 Å². The third kappa shape index (κ3) is 7.20. The summed E-state index contributed by atoms with van der Waals surface area (Å²) in [4.78, 5) is 0. The Morgan fingerprint density at radius 1 is 1.12 bits per heavy atom. The molecule has 0 aliphatic heterocycles. The minimum Gasteiger partial charge on any atom is -0.735 e. The van der Waals surface area contributed by atoms with E-state index in [1.165, 1.54) is 6.92 Å². The fourth-order valence-electron chi connectivity index (χ4n) is 2.29. The molecule has 0 amide bonds. The summed E-state index contributed by atoms with van der Waals surface area (Å²) in [7, 11) is -4.76. The summed E-state index contributed by atoms with van der Waals surface area (Å²) in [6, 6.07) is 13.1. The average Bonchev–Trinajstić information content (AvgIpc) is 2.51. The molecule has 0 saturated carbocycles. The van der Waals surface area contributed by atoms with Crippen molar-refractivity contribution in [2.45, 2.75) is 19.1 Å². The van der Waals surface area contributed by atoms with Crippen molar-refractivity contribution >= 4 is 21.1 Å². The van der Waals surface area contributed by atoms with Crippen LogP contribution in [0, 0.1) is 0 Å². The zero-order chi connectivity index (χ0) is 17.7. The molecule has 0 aliphatic rings. The van der Waals surface area contributed by atoms with Gasteiger partial charge in [-0.2, -0.15) is 0 Å². The maximum Gasteiger partial charge on any atom is 1.00 e. The number of ether oxygens (including phenoxy) is 1. The van der Waals surface area contributed by atoms with E-state index in [1.54, 1.807) is 12.1 Å². The van der Waals surface area contributed by atoms with Crippen molar-refractivity contribution in [3.8, 4) is 5.75 Å². The predicted octanol–water partition coefficient (Wildman–Crippen LogP) is -2.27. The van der Waals surface area contributed by atoms with Crippen LogP contribution < -0.4 is 34.3 Å². The quantitative estimate of drug-likeness (QED) is 0.396. The fraction of sp³-hybridized carbons (Fsp3) is 0.375. The number of rotatable bonds is 8. The Labute approximate surface area is 169 Å². The average molecular weight is 377 g/mol. The second-order valence-electron chi connectivity index (χ2n) is 5.60. The Balaban J connectivity index is 0.00000312. The molecule has 2 N–H and O–H groups in total. The Hall–Kier alpha value is -0.710. The van der Waals surface area contributed by atoms with Crippen molar-refractivity contribution in [1.82, 2.24) is 4.31 Å². The summed E-state index contributed by atoms with van der Waals surface area (Å²) in [5, 5.41) is 21.2. The molecule has 9 heteroatoms. The van der Waals surface area contributed by atoms with E-state index in [-0.39, 0.29) is 42.7 Å². The fourth-order valence-corrected chi connectivity index (χ4v) is 3.04. The first-order chi connectivity index (χ1) is 11.3. The van der Waals surface area contributed by atoms with Crippen molar-refractivity contribution in [1.29, 1.82) is 0 Å². The molecule has 7 nitrogen and oxygen atoms in total. The summed E-state index contributed by atoms with van der Waals surface area (Å²) in [6.07, 6.45) is -2.21. The molecule has 0 aromatic heterocycles. The van der Waals surface area contributed by atoms with Gasteiger partial charge < -0.3 is 19.5 Å². The van der Waals surface area contributed by atoms with Crippen LogP contribution >= 0.6 is 0 Å². The van der Waals surface area contributed by atoms with E-state index in [0.29, 0.717) is 10.1 Å². The van der Waals surface area contributed by atoms with Crippen LogP contribution in [0.2, 0.25) is 0 Å². The second kappa shape index (κ2) is 9.84. The zero-order valence-electron chi connectivity index (χ0n) is 14.2. The number of nitrogens with zero attached hydrogens (tertiary/aromatic N) is 1. The first-order valence-corrected chi connectivity index (χ1v) is 8.81. The summed E-state index contributed by atoms with van der Waals surface area (Å²) in [5.41, 5.74) is 0. The molecule has 2 atom stereocenters. The predicted molar refractivity (Wildman–Crippen MR) is 88.4 cm³/mol. The van der Waals surface area contributed by atoms with Crippen molar-refractivity contribution in [2.75, 3.05) is 19.7 Å². The van der Waals surface area contributed by atoms with Crippen LogP contribution in [0.5, 0.6) is 5.75 Å². The smallest absolute Gasteiger partial charge is 0.735 e. The molecular formula is C16H20NNaO6S. The van der Waals surface area contributed by atoms with Gasteiger partial charge in [-0.1, -0.05) is 30.3 Å². The number of aliphatic hydroxyl groups is 2. The van der Waals surface area contributed by atoms with Crippen LogP contribution in [0.15, 0.2) is 42.5 Å². The molecule has 0 fully saturated rings. The topological polar surface area (TPSA) is 110 Å². The summed E-state index contributed by atoms with van der Waals surface area (Å²) in [5.74, 6) is 0.528. The summed E-state index contributed by atoms with van der Waals surface area (Å²) < 4.78 is 39.3. The molecule has 0 saturated heterocycles. The molecule has 2 rings (SSSR count). The van der Waals surface area contributed by atoms with Crippen molar-refractivity contribution in [3.63, 3.8) is 0 Å². The van der Waals surface area contributed by atoms with Crippen LogP contribution in [0.25, 0.3) is 10.8 Å². The monoisotopic (exact) mass is 377 g/mol. The van der Waals surface area contributed by atoms with E-state index in [0.717, 1.165) is 10.8 Å². The molecule has 0 spiro atoms. The van der Waals surface area contributed by atoms with Gasteiger partial charge in [-0.3, -0.25) is 0 Å². The Morgan fingerprint density at radius 2 is 1.76 bits per heavy atom. The van der Waals surface area contributed by atoms with Gasteiger partial charge in [0.25, 0.3) is 0 Å². The zero-order valence-corrected chi connectivity index (χ0v) is 17.0. The largest absolute Gasteiger partial charge is 1.00 e. The third-order valence-electron chi connectivity index (χ3n) is 3.36. The summed E-state index contributed by atoms with van der Waals surface area (Å²) >= 11 is 0. The van der Waals surface area contributed by atoms with Gasteiger partial charge in [0.1, 0.15) is 18.5 Å².